The molecule has 0 N–H and O–H groups in total. The summed E-state index contributed by atoms with van der Waals surface area (Å²) in [5, 5.41) is 0. The van der Waals surface area contributed by atoms with Crippen LogP contribution in [0.2, 0.25) is 0 Å². The average molecular weight is 435 g/mol. The molecule has 5 rings (SSSR count). The van der Waals surface area contributed by atoms with Crippen LogP contribution in [0.5, 0.6) is 0 Å². The van der Waals surface area contributed by atoms with Gasteiger partial charge in [0.1, 0.15) is 6.54 Å². The fourth-order valence-corrected chi connectivity index (χ4v) is 6.73. The van der Waals surface area contributed by atoms with E-state index < -0.39 is 5.69 Å². The van der Waals surface area contributed by atoms with Crippen LogP contribution < -0.4 is 5.69 Å². The Morgan fingerprint density at radius 1 is 1.09 bits per heavy atom. The van der Waals surface area contributed by atoms with Gasteiger partial charge in [0.15, 0.2) is 0 Å². The molecule has 1 aromatic heterocycles. The van der Waals surface area contributed by atoms with Gasteiger partial charge >= 0.3 is 5.69 Å². The molecule has 3 aliphatic rings. The maximum atomic E-state index is 13.7. The molecule has 2 aromatic rings. The third-order valence-electron chi connectivity index (χ3n) is 7.98. The lowest BCUT2D eigenvalue weighted by molar-refractivity contribution is -0.143. The number of hydrogen-bond acceptors (Lipinski definition) is 4. The van der Waals surface area contributed by atoms with E-state index in [1.54, 1.807) is 19.2 Å². The molecule has 2 saturated heterocycles. The number of amides is 2. The highest BCUT2D eigenvalue weighted by atomic mass is 16.2. The highest BCUT2D eigenvalue weighted by Crippen LogP contribution is 2.56. The second kappa shape index (κ2) is 7.87. The Bertz CT molecular complexity index is 1080. The van der Waals surface area contributed by atoms with Gasteiger partial charge in [-0.2, -0.15) is 0 Å². The smallest absolute Gasteiger partial charge is 0.334 e. The third-order valence-corrected chi connectivity index (χ3v) is 7.98. The molecule has 168 valence electrons. The summed E-state index contributed by atoms with van der Waals surface area (Å²) in [6.45, 7) is 3.91. The molecule has 0 spiro atoms. The standard InChI is InChI=1S/C25H30N4O3/c1-17(30)28-19(14-18-8-4-3-5-9-18)20-15-25(2)21(28)10-6-11-22(25)29(20)23(31)16-27-13-7-12-26-24(27)32/h3-5,7-9,12-13,19-22H,6,10-11,14-16H2,1-2H3/t19-,20-,21+,22-,25+/m0/s1. The minimum Gasteiger partial charge on any atom is -0.334 e. The van der Waals surface area contributed by atoms with Gasteiger partial charge in [0.05, 0.1) is 12.1 Å². The zero-order valence-electron chi connectivity index (χ0n) is 18.7. The molecule has 7 heteroatoms. The van der Waals surface area contributed by atoms with E-state index in [9.17, 15) is 14.4 Å². The van der Waals surface area contributed by atoms with Crippen LogP contribution in [0, 0.1) is 5.41 Å². The Hall–Kier alpha value is -2.96. The molecule has 3 fully saturated rings. The van der Waals surface area contributed by atoms with Gasteiger partial charge in [-0.05, 0) is 43.7 Å². The van der Waals surface area contributed by atoms with Crippen molar-refractivity contribution in [3.63, 3.8) is 0 Å². The van der Waals surface area contributed by atoms with E-state index in [4.69, 9.17) is 0 Å². The molecule has 2 aliphatic heterocycles. The monoisotopic (exact) mass is 434 g/mol. The Morgan fingerprint density at radius 3 is 2.50 bits per heavy atom. The lowest BCUT2D eigenvalue weighted by Gasteiger charge is -2.52. The van der Waals surface area contributed by atoms with Crippen LogP contribution in [0.3, 0.4) is 0 Å². The first-order valence-electron chi connectivity index (χ1n) is 11.6. The van der Waals surface area contributed by atoms with E-state index >= 15 is 0 Å². The molecule has 2 bridgehead atoms. The van der Waals surface area contributed by atoms with Gasteiger partial charge in [-0.25, -0.2) is 9.78 Å². The predicted octanol–water partition coefficient (Wildman–Crippen LogP) is 2.25. The number of likely N-dealkylation sites (tertiary alicyclic amines) is 2. The van der Waals surface area contributed by atoms with E-state index in [1.807, 2.05) is 23.1 Å². The Labute approximate surface area is 188 Å². The molecular weight excluding hydrogens is 404 g/mol. The van der Waals surface area contributed by atoms with Gasteiger partial charge in [0.2, 0.25) is 11.8 Å². The van der Waals surface area contributed by atoms with E-state index in [0.29, 0.717) is 0 Å². The summed E-state index contributed by atoms with van der Waals surface area (Å²) in [6.07, 6.45) is 7.60. The number of aromatic nitrogens is 2. The van der Waals surface area contributed by atoms with Crippen molar-refractivity contribution in [1.82, 2.24) is 19.4 Å². The van der Waals surface area contributed by atoms with Crippen molar-refractivity contribution in [2.75, 3.05) is 0 Å². The number of benzene rings is 1. The van der Waals surface area contributed by atoms with E-state index in [1.165, 1.54) is 16.3 Å². The zero-order valence-corrected chi connectivity index (χ0v) is 18.7. The zero-order chi connectivity index (χ0) is 22.5. The summed E-state index contributed by atoms with van der Waals surface area (Å²) < 4.78 is 1.38. The number of nitrogens with zero attached hydrogens (tertiary/aromatic N) is 4. The highest BCUT2D eigenvalue weighted by molar-refractivity contribution is 5.79. The predicted molar refractivity (Wildman–Crippen MR) is 120 cm³/mol. The summed E-state index contributed by atoms with van der Waals surface area (Å²) >= 11 is 0. The SMILES string of the molecule is CC(=O)N1[C@@H](Cc2ccccc2)[C@@H]2C[C@@]3(C)[C@H](CCC[C@@H]13)N2C(=O)Cn1cccnc1=O. The summed E-state index contributed by atoms with van der Waals surface area (Å²) in [5.41, 5.74) is 0.642. The number of rotatable bonds is 4. The van der Waals surface area contributed by atoms with Crippen molar-refractivity contribution in [3.05, 3.63) is 64.8 Å². The molecule has 1 aromatic carbocycles. The van der Waals surface area contributed by atoms with Crippen LogP contribution >= 0.6 is 0 Å². The third kappa shape index (κ3) is 3.26. The van der Waals surface area contributed by atoms with Crippen LogP contribution in [-0.4, -0.2) is 55.3 Å². The molecule has 5 atom stereocenters. The maximum absolute atomic E-state index is 13.7. The fraction of sp³-hybridized carbons (Fsp3) is 0.520. The number of fused-ring (bicyclic) bond motifs is 1. The van der Waals surface area contributed by atoms with Crippen LogP contribution in [0.4, 0.5) is 0 Å². The van der Waals surface area contributed by atoms with Gasteiger partial charge in [0.25, 0.3) is 0 Å². The quantitative estimate of drug-likeness (QED) is 0.740. The second-order valence-corrected chi connectivity index (χ2v) is 9.75. The molecule has 3 heterocycles. The molecule has 32 heavy (non-hydrogen) atoms. The maximum Gasteiger partial charge on any atom is 0.347 e. The van der Waals surface area contributed by atoms with Crippen molar-refractivity contribution < 1.29 is 9.59 Å². The molecule has 1 saturated carbocycles. The van der Waals surface area contributed by atoms with Gasteiger partial charge in [0, 0.05) is 36.8 Å². The van der Waals surface area contributed by atoms with Crippen molar-refractivity contribution in [2.24, 2.45) is 5.41 Å². The number of hydrogen-bond donors (Lipinski definition) is 0. The van der Waals surface area contributed by atoms with E-state index in [0.717, 1.165) is 32.1 Å². The van der Waals surface area contributed by atoms with Crippen molar-refractivity contribution in [3.8, 4) is 0 Å². The Balaban J connectivity index is 1.54. The average Bonchev–Trinajstić information content (AvgIpc) is 3.08. The number of carbonyl (C=O) groups excluding carboxylic acids is 2. The van der Waals surface area contributed by atoms with Crippen molar-refractivity contribution in [1.29, 1.82) is 0 Å². The normalized spacial score (nSPS) is 30.9. The van der Waals surface area contributed by atoms with Crippen molar-refractivity contribution in [2.45, 2.75) is 76.7 Å². The Morgan fingerprint density at radius 2 is 1.81 bits per heavy atom. The molecular formula is C25H30N4O3. The molecule has 1 aliphatic carbocycles. The summed E-state index contributed by atoms with van der Waals surface area (Å²) in [7, 11) is 0. The van der Waals surface area contributed by atoms with Gasteiger partial charge in [-0.1, -0.05) is 37.3 Å². The molecule has 7 nitrogen and oxygen atoms in total. The largest absolute Gasteiger partial charge is 0.347 e. The highest BCUT2D eigenvalue weighted by Gasteiger charge is 2.64. The van der Waals surface area contributed by atoms with Crippen LogP contribution in [0.1, 0.15) is 45.1 Å². The lowest BCUT2D eigenvalue weighted by atomic mass is 9.64. The summed E-state index contributed by atoms with van der Waals surface area (Å²) in [4.78, 5) is 46.7. The van der Waals surface area contributed by atoms with Crippen LogP contribution in [0.15, 0.2) is 53.6 Å². The number of piperidine rings is 1. The van der Waals surface area contributed by atoms with E-state index in [-0.39, 0.29) is 47.9 Å². The van der Waals surface area contributed by atoms with E-state index in [2.05, 4.69) is 28.9 Å². The fourth-order valence-electron chi connectivity index (χ4n) is 6.73. The van der Waals surface area contributed by atoms with Gasteiger partial charge < -0.3 is 9.80 Å². The first-order valence-corrected chi connectivity index (χ1v) is 11.6. The first kappa shape index (κ1) is 20.9. The van der Waals surface area contributed by atoms with Crippen LogP contribution in [0.25, 0.3) is 0 Å². The molecule has 2 amide bonds. The summed E-state index contributed by atoms with van der Waals surface area (Å²) in [6, 6.07) is 12.0. The van der Waals surface area contributed by atoms with Crippen LogP contribution in [-0.2, 0) is 22.6 Å². The minimum atomic E-state index is -0.415. The van der Waals surface area contributed by atoms with Gasteiger partial charge in [-0.15, -0.1) is 0 Å². The minimum absolute atomic E-state index is 0.0153. The van der Waals surface area contributed by atoms with Gasteiger partial charge in [-0.3, -0.25) is 14.2 Å². The van der Waals surface area contributed by atoms with Crippen molar-refractivity contribution >= 4 is 11.8 Å². The summed E-state index contributed by atoms with van der Waals surface area (Å²) in [5.74, 6) is 0.0354. The Kier molecular flexibility index (Phi) is 5.14. The lowest BCUT2D eigenvalue weighted by Crippen LogP contribution is -2.62. The number of carbonyl (C=O) groups is 2. The second-order valence-electron chi connectivity index (χ2n) is 9.75. The molecule has 0 radical (unpaired) electrons. The topological polar surface area (TPSA) is 75.5 Å². The molecule has 0 unspecified atom stereocenters. The first-order chi connectivity index (χ1) is 15.4.